The highest BCUT2D eigenvalue weighted by Gasteiger charge is 2.32. The second-order valence-electron chi connectivity index (χ2n) is 5.52. The second kappa shape index (κ2) is 7.23. The van der Waals surface area contributed by atoms with E-state index in [1.54, 1.807) is 32.1 Å². The number of benzene rings is 1. The molecule has 1 heterocycles. The number of carbonyl (C=O) groups excluding carboxylic acids is 1. The Morgan fingerprint density at radius 2 is 2.00 bits per heavy atom. The number of rotatable bonds is 3. The molecule has 0 radical (unpaired) electrons. The lowest BCUT2D eigenvalue weighted by Gasteiger charge is -2.28. The number of amides is 1. The maximum Gasteiger partial charge on any atom is 0.414 e. The van der Waals surface area contributed by atoms with Gasteiger partial charge in [0.15, 0.2) is 11.5 Å². The van der Waals surface area contributed by atoms with Crippen LogP contribution in [0.1, 0.15) is 25.8 Å². The van der Waals surface area contributed by atoms with Crippen molar-refractivity contribution in [2.45, 2.75) is 32.7 Å². The van der Waals surface area contributed by atoms with Gasteiger partial charge in [0.25, 0.3) is 0 Å². The minimum Gasteiger partial charge on any atom is -0.493 e. The smallest absolute Gasteiger partial charge is 0.414 e. The molecule has 1 aliphatic rings. The summed E-state index contributed by atoms with van der Waals surface area (Å²) in [6, 6.07) is 5.80. The highest BCUT2D eigenvalue weighted by molar-refractivity contribution is 5.90. The summed E-state index contributed by atoms with van der Waals surface area (Å²) in [6.07, 6.45) is 0.744. The SMILES string of the molecule is CCOC(=O)N1c2cc(OC)c(OC)cc2CC(C#N)CC1C. The van der Waals surface area contributed by atoms with Gasteiger partial charge in [0, 0.05) is 12.1 Å². The number of hydrogen-bond acceptors (Lipinski definition) is 5. The molecule has 1 amide bonds. The molecule has 2 atom stereocenters. The number of nitriles is 1. The van der Waals surface area contributed by atoms with E-state index in [9.17, 15) is 10.1 Å². The standard InChI is InChI=1S/C17H22N2O4/c1-5-23-17(20)19-11(2)6-12(10-18)7-13-8-15(21-3)16(22-4)9-14(13)19/h8-9,11-12H,5-7H2,1-4H3. The Labute approximate surface area is 136 Å². The fourth-order valence-electron chi connectivity index (χ4n) is 2.97. The quantitative estimate of drug-likeness (QED) is 0.856. The molecule has 0 fully saturated rings. The van der Waals surface area contributed by atoms with Gasteiger partial charge in [0.1, 0.15) is 0 Å². The maximum absolute atomic E-state index is 12.4. The van der Waals surface area contributed by atoms with Gasteiger partial charge >= 0.3 is 6.09 Å². The number of ether oxygens (including phenoxy) is 3. The van der Waals surface area contributed by atoms with Crippen molar-refractivity contribution in [3.8, 4) is 17.6 Å². The van der Waals surface area contributed by atoms with E-state index < -0.39 is 6.09 Å². The van der Waals surface area contributed by atoms with Crippen molar-refractivity contribution >= 4 is 11.8 Å². The van der Waals surface area contributed by atoms with E-state index in [-0.39, 0.29) is 12.0 Å². The first kappa shape index (κ1) is 16.9. The van der Waals surface area contributed by atoms with Crippen molar-refractivity contribution in [3.05, 3.63) is 17.7 Å². The lowest BCUT2D eigenvalue weighted by Crippen LogP contribution is -2.39. The molecule has 1 aromatic carbocycles. The van der Waals surface area contributed by atoms with E-state index in [1.807, 2.05) is 13.0 Å². The summed E-state index contributed by atoms with van der Waals surface area (Å²) in [5.41, 5.74) is 1.60. The minimum atomic E-state index is -0.410. The van der Waals surface area contributed by atoms with Crippen molar-refractivity contribution in [2.75, 3.05) is 25.7 Å². The van der Waals surface area contributed by atoms with Crippen molar-refractivity contribution < 1.29 is 19.0 Å². The molecule has 1 aliphatic heterocycles. The van der Waals surface area contributed by atoms with E-state index in [2.05, 4.69) is 6.07 Å². The van der Waals surface area contributed by atoms with Crippen LogP contribution in [0.5, 0.6) is 11.5 Å². The normalized spacial score (nSPS) is 20.0. The Balaban J connectivity index is 2.58. The molecule has 0 bridgehead atoms. The fraction of sp³-hybridized carbons (Fsp3) is 0.529. The van der Waals surface area contributed by atoms with E-state index in [0.29, 0.717) is 36.6 Å². The van der Waals surface area contributed by atoms with Gasteiger partial charge in [-0.1, -0.05) is 0 Å². The molecule has 2 unspecified atom stereocenters. The molecule has 0 aliphatic carbocycles. The molecule has 23 heavy (non-hydrogen) atoms. The van der Waals surface area contributed by atoms with Crippen LogP contribution in [0.15, 0.2) is 12.1 Å². The zero-order valence-corrected chi connectivity index (χ0v) is 14.0. The van der Waals surface area contributed by atoms with E-state index in [4.69, 9.17) is 14.2 Å². The number of fused-ring (bicyclic) bond motifs is 1. The number of carbonyl (C=O) groups is 1. The molecule has 6 heteroatoms. The third-order valence-corrected chi connectivity index (χ3v) is 4.02. The Kier molecular flexibility index (Phi) is 5.32. The van der Waals surface area contributed by atoms with Crippen molar-refractivity contribution in [1.82, 2.24) is 0 Å². The van der Waals surface area contributed by atoms with E-state index in [1.165, 1.54) is 0 Å². The minimum absolute atomic E-state index is 0.141. The van der Waals surface area contributed by atoms with E-state index >= 15 is 0 Å². The first-order chi connectivity index (χ1) is 11.0. The average Bonchev–Trinajstić information content (AvgIpc) is 2.68. The van der Waals surface area contributed by atoms with Gasteiger partial charge in [-0.25, -0.2) is 4.79 Å². The highest BCUT2D eigenvalue weighted by atomic mass is 16.6. The van der Waals surface area contributed by atoms with Gasteiger partial charge in [-0.05, 0) is 38.3 Å². The molecule has 0 saturated heterocycles. The third kappa shape index (κ3) is 3.34. The molecule has 0 N–H and O–H groups in total. The van der Waals surface area contributed by atoms with Crippen LogP contribution >= 0.6 is 0 Å². The van der Waals surface area contributed by atoms with Crippen LogP contribution in [-0.2, 0) is 11.2 Å². The molecule has 0 spiro atoms. The lowest BCUT2D eigenvalue weighted by atomic mass is 9.96. The molecular weight excluding hydrogens is 296 g/mol. The van der Waals surface area contributed by atoms with Gasteiger partial charge in [0.05, 0.1) is 38.5 Å². The summed E-state index contributed by atoms with van der Waals surface area (Å²) < 4.78 is 15.9. The molecule has 0 saturated carbocycles. The van der Waals surface area contributed by atoms with Crippen molar-refractivity contribution in [3.63, 3.8) is 0 Å². The third-order valence-electron chi connectivity index (χ3n) is 4.02. The zero-order valence-electron chi connectivity index (χ0n) is 14.0. The molecule has 0 aromatic heterocycles. The van der Waals surface area contributed by atoms with Crippen LogP contribution in [0.2, 0.25) is 0 Å². The van der Waals surface area contributed by atoms with Crippen LogP contribution in [0.25, 0.3) is 0 Å². The monoisotopic (exact) mass is 318 g/mol. The predicted molar refractivity (Wildman–Crippen MR) is 85.9 cm³/mol. The maximum atomic E-state index is 12.4. The molecule has 6 nitrogen and oxygen atoms in total. The molecule has 124 valence electrons. The number of anilines is 1. The van der Waals surface area contributed by atoms with Gasteiger partial charge in [0.2, 0.25) is 0 Å². The fourth-order valence-corrected chi connectivity index (χ4v) is 2.97. The first-order valence-electron chi connectivity index (χ1n) is 7.66. The van der Waals surface area contributed by atoms with Crippen molar-refractivity contribution in [2.24, 2.45) is 5.92 Å². The second-order valence-corrected chi connectivity index (χ2v) is 5.52. The summed E-state index contributed by atoms with van der Waals surface area (Å²) in [5.74, 6) is 0.964. The Morgan fingerprint density at radius 1 is 1.35 bits per heavy atom. The lowest BCUT2D eigenvalue weighted by molar-refractivity contribution is 0.157. The predicted octanol–water partition coefficient (Wildman–Crippen LogP) is 3.14. The number of hydrogen-bond donors (Lipinski definition) is 0. The van der Waals surface area contributed by atoms with Crippen LogP contribution in [0, 0.1) is 17.2 Å². The summed E-state index contributed by atoms with van der Waals surface area (Å²) in [5, 5.41) is 9.37. The van der Waals surface area contributed by atoms with Gasteiger partial charge < -0.3 is 14.2 Å². The topological polar surface area (TPSA) is 71.8 Å². The summed E-state index contributed by atoms with van der Waals surface area (Å²) in [4.78, 5) is 14.0. The first-order valence-corrected chi connectivity index (χ1v) is 7.66. The van der Waals surface area contributed by atoms with Gasteiger partial charge in [-0.2, -0.15) is 5.26 Å². The van der Waals surface area contributed by atoms with Crippen LogP contribution in [-0.4, -0.2) is 33.0 Å². The number of methoxy groups -OCH3 is 2. The van der Waals surface area contributed by atoms with Gasteiger partial charge in [-0.15, -0.1) is 0 Å². The van der Waals surface area contributed by atoms with Crippen LogP contribution in [0.4, 0.5) is 10.5 Å². The summed E-state index contributed by atoms with van der Waals surface area (Å²) in [7, 11) is 3.12. The van der Waals surface area contributed by atoms with Crippen LogP contribution < -0.4 is 14.4 Å². The molecule has 1 aromatic rings. The Hall–Kier alpha value is -2.42. The van der Waals surface area contributed by atoms with Crippen LogP contribution in [0.3, 0.4) is 0 Å². The molecule has 2 rings (SSSR count). The highest BCUT2D eigenvalue weighted by Crippen LogP contribution is 2.40. The Morgan fingerprint density at radius 3 is 2.57 bits per heavy atom. The summed E-state index contributed by atoms with van der Waals surface area (Å²) >= 11 is 0. The average molecular weight is 318 g/mol. The zero-order chi connectivity index (χ0) is 17.0. The van der Waals surface area contributed by atoms with Crippen molar-refractivity contribution in [1.29, 1.82) is 5.26 Å². The van der Waals surface area contributed by atoms with E-state index in [0.717, 1.165) is 5.56 Å². The Bertz CT molecular complexity index is 624. The largest absolute Gasteiger partial charge is 0.493 e. The number of nitrogens with zero attached hydrogens (tertiary/aromatic N) is 2. The van der Waals surface area contributed by atoms with Gasteiger partial charge in [-0.3, -0.25) is 4.90 Å². The summed E-state index contributed by atoms with van der Waals surface area (Å²) in [6.45, 7) is 3.99. The molecular formula is C17H22N2O4.